The van der Waals surface area contributed by atoms with Crippen LogP contribution in [0, 0.1) is 12.8 Å². The first-order chi connectivity index (χ1) is 10.6. The Bertz CT molecular complexity index is 593. The van der Waals surface area contributed by atoms with Gasteiger partial charge in [-0.2, -0.15) is 0 Å². The van der Waals surface area contributed by atoms with Gasteiger partial charge in [-0.05, 0) is 25.7 Å². The van der Waals surface area contributed by atoms with Gasteiger partial charge in [0.2, 0.25) is 5.91 Å². The van der Waals surface area contributed by atoms with Crippen LogP contribution in [0.3, 0.4) is 0 Å². The Morgan fingerprint density at radius 1 is 1.45 bits per heavy atom. The number of amides is 1. The summed E-state index contributed by atoms with van der Waals surface area (Å²) in [6.45, 7) is 3.36. The summed E-state index contributed by atoms with van der Waals surface area (Å²) < 4.78 is 5.70. The van der Waals surface area contributed by atoms with Crippen molar-refractivity contribution in [3.05, 3.63) is 27.9 Å². The van der Waals surface area contributed by atoms with Crippen molar-refractivity contribution >= 4 is 5.91 Å². The molecule has 1 N–H and O–H groups in total. The highest BCUT2D eigenvalue weighted by atomic mass is 16.5. The molecular formula is C16H23N3O3. The lowest BCUT2D eigenvalue weighted by Crippen LogP contribution is -2.43. The number of hydrogen-bond donors (Lipinski definition) is 1. The van der Waals surface area contributed by atoms with E-state index in [2.05, 4.69) is 9.97 Å². The molecule has 0 bridgehead atoms. The molecule has 1 saturated heterocycles. The van der Waals surface area contributed by atoms with E-state index in [1.807, 2.05) is 4.90 Å². The smallest absolute Gasteiger partial charge is 0.251 e. The van der Waals surface area contributed by atoms with E-state index >= 15 is 0 Å². The summed E-state index contributed by atoms with van der Waals surface area (Å²) in [6, 6.07) is 1.45. The molecule has 1 aliphatic heterocycles. The van der Waals surface area contributed by atoms with Crippen LogP contribution in [0.2, 0.25) is 0 Å². The molecule has 0 aromatic carbocycles. The van der Waals surface area contributed by atoms with E-state index in [1.165, 1.54) is 31.7 Å². The third-order valence-corrected chi connectivity index (χ3v) is 4.55. The van der Waals surface area contributed by atoms with Gasteiger partial charge in [0.1, 0.15) is 11.9 Å². The van der Waals surface area contributed by atoms with Crippen LogP contribution >= 0.6 is 0 Å². The predicted octanol–water partition coefficient (Wildman–Crippen LogP) is 1.56. The fraction of sp³-hybridized carbons (Fsp3) is 0.688. The second kappa shape index (κ2) is 6.60. The highest BCUT2D eigenvalue weighted by molar-refractivity contribution is 5.76. The molecule has 1 aliphatic carbocycles. The number of aryl methyl sites for hydroxylation is 1. The maximum Gasteiger partial charge on any atom is 0.251 e. The van der Waals surface area contributed by atoms with Crippen LogP contribution in [-0.2, 0) is 9.53 Å². The van der Waals surface area contributed by atoms with Crippen molar-refractivity contribution in [3.8, 4) is 0 Å². The van der Waals surface area contributed by atoms with E-state index in [1.54, 1.807) is 6.92 Å². The largest absolute Gasteiger partial charge is 0.367 e. The van der Waals surface area contributed by atoms with Crippen molar-refractivity contribution in [2.75, 3.05) is 19.7 Å². The van der Waals surface area contributed by atoms with E-state index in [-0.39, 0.29) is 17.6 Å². The summed E-state index contributed by atoms with van der Waals surface area (Å²) in [6.07, 6.45) is 5.15. The fourth-order valence-corrected chi connectivity index (χ4v) is 3.39. The van der Waals surface area contributed by atoms with E-state index < -0.39 is 0 Å². The normalized spacial score (nSPS) is 23.0. The van der Waals surface area contributed by atoms with Crippen molar-refractivity contribution in [1.82, 2.24) is 14.9 Å². The zero-order valence-corrected chi connectivity index (χ0v) is 13.0. The topological polar surface area (TPSA) is 75.3 Å². The number of H-pyrrole nitrogens is 1. The minimum Gasteiger partial charge on any atom is -0.367 e. The lowest BCUT2D eigenvalue weighted by molar-refractivity contribution is -0.140. The molecule has 1 amide bonds. The quantitative estimate of drug-likeness (QED) is 0.919. The van der Waals surface area contributed by atoms with Gasteiger partial charge >= 0.3 is 0 Å². The van der Waals surface area contributed by atoms with Gasteiger partial charge in [-0.15, -0.1) is 0 Å². The first kappa shape index (κ1) is 15.2. The molecule has 3 rings (SSSR count). The first-order valence-electron chi connectivity index (χ1n) is 8.09. The number of aromatic nitrogens is 2. The molecule has 22 heavy (non-hydrogen) atoms. The third kappa shape index (κ3) is 3.55. The SMILES string of the molecule is Cc1cc(=O)[nH]c([C@H]2CN(C(=O)CC3CCCC3)CCO2)n1. The lowest BCUT2D eigenvalue weighted by Gasteiger charge is -2.33. The summed E-state index contributed by atoms with van der Waals surface area (Å²) in [4.78, 5) is 32.9. The van der Waals surface area contributed by atoms with Gasteiger partial charge < -0.3 is 14.6 Å². The Morgan fingerprint density at radius 3 is 2.95 bits per heavy atom. The van der Waals surface area contributed by atoms with Gasteiger partial charge in [-0.3, -0.25) is 9.59 Å². The Kier molecular flexibility index (Phi) is 4.57. The van der Waals surface area contributed by atoms with Crippen molar-refractivity contribution < 1.29 is 9.53 Å². The molecule has 1 atom stereocenters. The molecule has 6 heteroatoms. The van der Waals surface area contributed by atoms with E-state index in [0.29, 0.717) is 43.6 Å². The van der Waals surface area contributed by atoms with Crippen LogP contribution < -0.4 is 5.56 Å². The Morgan fingerprint density at radius 2 is 2.23 bits per heavy atom. The van der Waals surface area contributed by atoms with Crippen LogP contribution in [0.25, 0.3) is 0 Å². The standard InChI is InChI=1S/C16H23N3O3/c1-11-8-14(20)18-16(17-11)13-10-19(6-7-22-13)15(21)9-12-4-2-3-5-12/h8,12-13H,2-7,9-10H2,1H3,(H,17,18,20)/t13-/m1/s1. The number of carbonyl (C=O) groups is 1. The monoisotopic (exact) mass is 305 g/mol. The second-order valence-electron chi connectivity index (χ2n) is 6.33. The number of rotatable bonds is 3. The zero-order valence-electron chi connectivity index (χ0n) is 13.0. The number of ether oxygens (including phenoxy) is 1. The van der Waals surface area contributed by atoms with Crippen molar-refractivity contribution in [3.63, 3.8) is 0 Å². The highest BCUT2D eigenvalue weighted by Gasteiger charge is 2.29. The predicted molar refractivity (Wildman–Crippen MR) is 81.4 cm³/mol. The maximum atomic E-state index is 12.4. The third-order valence-electron chi connectivity index (χ3n) is 4.55. The highest BCUT2D eigenvalue weighted by Crippen LogP contribution is 2.29. The number of aromatic amines is 1. The Balaban J connectivity index is 1.65. The zero-order chi connectivity index (χ0) is 15.5. The average molecular weight is 305 g/mol. The molecule has 1 aromatic rings. The van der Waals surface area contributed by atoms with Gasteiger partial charge in [0.15, 0.2) is 0 Å². The van der Waals surface area contributed by atoms with Gasteiger partial charge in [-0.25, -0.2) is 4.98 Å². The minimum atomic E-state index is -0.339. The summed E-state index contributed by atoms with van der Waals surface area (Å²) in [5.41, 5.74) is 0.484. The summed E-state index contributed by atoms with van der Waals surface area (Å²) >= 11 is 0. The van der Waals surface area contributed by atoms with Gasteiger partial charge in [-0.1, -0.05) is 12.8 Å². The molecule has 120 valence electrons. The maximum absolute atomic E-state index is 12.4. The number of hydrogen-bond acceptors (Lipinski definition) is 4. The van der Waals surface area contributed by atoms with E-state index in [0.717, 1.165) is 0 Å². The molecule has 0 spiro atoms. The second-order valence-corrected chi connectivity index (χ2v) is 6.33. The Labute approximate surface area is 129 Å². The van der Waals surface area contributed by atoms with Crippen LogP contribution in [0.4, 0.5) is 0 Å². The summed E-state index contributed by atoms with van der Waals surface area (Å²) in [5, 5.41) is 0. The molecule has 1 saturated carbocycles. The number of morpholine rings is 1. The molecule has 1 aromatic heterocycles. The molecule has 2 fully saturated rings. The fourth-order valence-electron chi connectivity index (χ4n) is 3.39. The molecule has 0 radical (unpaired) electrons. The van der Waals surface area contributed by atoms with Gasteiger partial charge in [0.25, 0.3) is 5.56 Å². The van der Waals surface area contributed by atoms with Crippen LogP contribution in [-0.4, -0.2) is 40.5 Å². The lowest BCUT2D eigenvalue weighted by atomic mass is 10.0. The molecule has 0 unspecified atom stereocenters. The van der Waals surface area contributed by atoms with Gasteiger partial charge in [0, 0.05) is 24.7 Å². The minimum absolute atomic E-state index is 0.180. The number of nitrogens with one attached hydrogen (secondary N) is 1. The summed E-state index contributed by atoms with van der Waals surface area (Å²) in [5.74, 6) is 1.27. The van der Waals surface area contributed by atoms with Crippen LogP contribution in [0.15, 0.2) is 10.9 Å². The van der Waals surface area contributed by atoms with E-state index in [9.17, 15) is 9.59 Å². The molecule has 6 nitrogen and oxygen atoms in total. The van der Waals surface area contributed by atoms with Crippen LogP contribution in [0.1, 0.15) is 49.7 Å². The van der Waals surface area contributed by atoms with Crippen molar-refractivity contribution in [1.29, 1.82) is 0 Å². The first-order valence-corrected chi connectivity index (χ1v) is 8.09. The molecule has 2 heterocycles. The molecular weight excluding hydrogens is 282 g/mol. The van der Waals surface area contributed by atoms with E-state index in [4.69, 9.17) is 4.74 Å². The van der Waals surface area contributed by atoms with Crippen LogP contribution in [0.5, 0.6) is 0 Å². The molecule has 2 aliphatic rings. The Hall–Kier alpha value is -1.69. The summed E-state index contributed by atoms with van der Waals surface area (Å²) in [7, 11) is 0. The van der Waals surface area contributed by atoms with Crippen molar-refractivity contribution in [2.45, 2.75) is 45.1 Å². The van der Waals surface area contributed by atoms with Gasteiger partial charge in [0.05, 0.1) is 13.2 Å². The number of nitrogens with zero attached hydrogens (tertiary/aromatic N) is 2. The number of carbonyl (C=O) groups excluding carboxylic acids is 1. The van der Waals surface area contributed by atoms with Crippen molar-refractivity contribution in [2.24, 2.45) is 5.92 Å². The average Bonchev–Trinajstić information content (AvgIpc) is 2.99.